The van der Waals surface area contributed by atoms with E-state index in [9.17, 15) is 4.79 Å². The van der Waals surface area contributed by atoms with Crippen LogP contribution >= 0.6 is 0 Å². The predicted octanol–water partition coefficient (Wildman–Crippen LogP) is 2.04. The Bertz CT molecular complexity index is 849. The molecule has 1 amide bonds. The van der Waals surface area contributed by atoms with Crippen LogP contribution in [0, 0.1) is 6.92 Å². The predicted molar refractivity (Wildman–Crippen MR) is 101 cm³/mol. The van der Waals surface area contributed by atoms with Crippen LogP contribution in [0.3, 0.4) is 0 Å². The van der Waals surface area contributed by atoms with Gasteiger partial charge in [-0.2, -0.15) is 0 Å². The number of nitrogens with one attached hydrogen (secondary N) is 1. The molecule has 1 aromatic carbocycles. The molecule has 1 saturated heterocycles. The maximum atomic E-state index is 12.9. The second-order valence-electron chi connectivity index (χ2n) is 6.64. The minimum Gasteiger partial charge on any atom is -0.454 e. The molecular weight excluding hydrogens is 346 g/mol. The van der Waals surface area contributed by atoms with Gasteiger partial charge in [0.15, 0.2) is 11.5 Å². The molecule has 1 fully saturated rings. The van der Waals surface area contributed by atoms with E-state index >= 15 is 0 Å². The average molecular weight is 369 g/mol. The van der Waals surface area contributed by atoms with Gasteiger partial charge in [0.25, 0.3) is 5.91 Å². The van der Waals surface area contributed by atoms with E-state index in [4.69, 9.17) is 9.47 Å². The number of benzene rings is 1. The van der Waals surface area contributed by atoms with Crippen LogP contribution in [0.4, 0.5) is 11.6 Å². The third kappa shape index (κ3) is 3.80. The number of aromatic nitrogens is 2. The highest BCUT2D eigenvalue weighted by molar-refractivity contribution is 5.92. The lowest BCUT2D eigenvalue weighted by Gasteiger charge is -2.33. The lowest BCUT2D eigenvalue weighted by Crippen LogP contribution is -2.48. The minimum atomic E-state index is -0.0509. The van der Waals surface area contributed by atoms with Gasteiger partial charge < -0.3 is 24.6 Å². The van der Waals surface area contributed by atoms with Crippen LogP contribution in [-0.4, -0.2) is 65.2 Å². The summed E-state index contributed by atoms with van der Waals surface area (Å²) in [5.74, 6) is 1.74. The van der Waals surface area contributed by atoms with Crippen molar-refractivity contribution in [3.63, 3.8) is 0 Å². The molecule has 2 aliphatic heterocycles. The first-order chi connectivity index (χ1) is 13.1. The van der Waals surface area contributed by atoms with E-state index < -0.39 is 0 Å². The molecular formula is C19H23N5O3. The molecule has 0 radical (unpaired) electrons. The molecule has 1 aromatic heterocycles. The summed E-state index contributed by atoms with van der Waals surface area (Å²) >= 11 is 0. The fourth-order valence-corrected chi connectivity index (χ4v) is 3.27. The Hall–Kier alpha value is -2.87. The first-order valence-corrected chi connectivity index (χ1v) is 9.16. The zero-order chi connectivity index (χ0) is 18.8. The summed E-state index contributed by atoms with van der Waals surface area (Å²) in [7, 11) is 0. The molecule has 8 heteroatoms. The van der Waals surface area contributed by atoms with Crippen molar-refractivity contribution < 1.29 is 14.3 Å². The van der Waals surface area contributed by atoms with E-state index in [1.807, 2.05) is 30.0 Å². The number of nitrogens with zero attached hydrogens (tertiary/aromatic N) is 4. The third-order valence-corrected chi connectivity index (χ3v) is 4.81. The number of amides is 1. The molecule has 142 valence electrons. The van der Waals surface area contributed by atoms with Gasteiger partial charge in [-0.15, -0.1) is 0 Å². The number of rotatable bonds is 4. The van der Waals surface area contributed by atoms with Gasteiger partial charge in [-0.25, -0.2) is 9.97 Å². The summed E-state index contributed by atoms with van der Waals surface area (Å²) < 4.78 is 10.7. The summed E-state index contributed by atoms with van der Waals surface area (Å²) in [5, 5.41) is 3.15. The van der Waals surface area contributed by atoms with Crippen molar-refractivity contribution in [2.75, 3.05) is 44.8 Å². The van der Waals surface area contributed by atoms with Crippen molar-refractivity contribution in [1.82, 2.24) is 19.8 Å². The second kappa shape index (κ2) is 7.40. The highest BCUT2D eigenvalue weighted by atomic mass is 16.7. The van der Waals surface area contributed by atoms with E-state index in [1.165, 1.54) is 0 Å². The van der Waals surface area contributed by atoms with Crippen molar-refractivity contribution >= 4 is 17.5 Å². The number of ether oxygens (including phenoxy) is 2. The molecule has 8 nitrogen and oxygen atoms in total. The molecule has 0 aliphatic carbocycles. The summed E-state index contributed by atoms with van der Waals surface area (Å²) in [5.41, 5.74) is 1.93. The summed E-state index contributed by atoms with van der Waals surface area (Å²) in [6.07, 6.45) is 0. The van der Waals surface area contributed by atoms with Crippen molar-refractivity contribution in [3.8, 4) is 11.5 Å². The molecule has 0 spiro atoms. The minimum absolute atomic E-state index is 0.0509. The number of hydrogen-bond donors (Lipinski definition) is 1. The van der Waals surface area contributed by atoms with Gasteiger partial charge >= 0.3 is 0 Å². The van der Waals surface area contributed by atoms with Gasteiger partial charge in [-0.1, -0.05) is 6.92 Å². The zero-order valence-corrected chi connectivity index (χ0v) is 15.6. The van der Waals surface area contributed by atoms with Crippen LogP contribution in [0.2, 0.25) is 0 Å². The van der Waals surface area contributed by atoms with Crippen LogP contribution in [0.1, 0.15) is 23.1 Å². The smallest absolute Gasteiger partial charge is 0.272 e. The Morgan fingerprint density at radius 1 is 1.11 bits per heavy atom. The Balaban J connectivity index is 1.50. The first kappa shape index (κ1) is 17.5. The molecule has 2 aromatic rings. The van der Waals surface area contributed by atoms with Gasteiger partial charge in [-0.3, -0.25) is 4.79 Å². The van der Waals surface area contributed by atoms with E-state index in [0.29, 0.717) is 23.1 Å². The van der Waals surface area contributed by atoms with Crippen molar-refractivity contribution in [2.24, 2.45) is 0 Å². The van der Waals surface area contributed by atoms with Crippen molar-refractivity contribution in [3.05, 3.63) is 35.7 Å². The lowest BCUT2D eigenvalue weighted by molar-refractivity contribution is 0.0637. The maximum absolute atomic E-state index is 12.9. The Labute approximate surface area is 158 Å². The number of aryl methyl sites for hydroxylation is 1. The van der Waals surface area contributed by atoms with Gasteiger partial charge in [0.1, 0.15) is 5.69 Å². The standard InChI is InChI=1S/C19H23N5O3/c1-3-23-6-8-24(9-7-23)18(25)15-10-13(2)20-19(22-15)21-14-4-5-16-17(11-14)27-12-26-16/h4-5,10-11H,3,6-9,12H2,1-2H3,(H,20,21,22). The molecule has 0 saturated carbocycles. The third-order valence-electron chi connectivity index (χ3n) is 4.81. The molecule has 4 rings (SSSR count). The van der Waals surface area contributed by atoms with E-state index in [2.05, 4.69) is 27.1 Å². The zero-order valence-electron chi connectivity index (χ0n) is 15.6. The molecule has 0 unspecified atom stereocenters. The topological polar surface area (TPSA) is 79.8 Å². The lowest BCUT2D eigenvalue weighted by atomic mass is 10.2. The van der Waals surface area contributed by atoms with E-state index in [-0.39, 0.29) is 12.7 Å². The van der Waals surface area contributed by atoms with Crippen LogP contribution < -0.4 is 14.8 Å². The van der Waals surface area contributed by atoms with Gasteiger partial charge in [0, 0.05) is 43.6 Å². The fraction of sp³-hybridized carbons (Fsp3) is 0.421. The number of likely N-dealkylation sites (N-methyl/N-ethyl adjacent to an activating group) is 1. The molecule has 3 heterocycles. The number of anilines is 2. The first-order valence-electron chi connectivity index (χ1n) is 9.16. The summed E-state index contributed by atoms with van der Waals surface area (Å²) in [6.45, 7) is 8.48. The monoisotopic (exact) mass is 369 g/mol. The van der Waals surface area contributed by atoms with Crippen LogP contribution in [0.25, 0.3) is 0 Å². The number of fused-ring (bicyclic) bond motifs is 1. The number of piperazine rings is 1. The SMILES string of the molecule is CCN1CCN(C(=O)c2cc(C)nc(Nc3ccc4c(c3)OCO4)n2)CC1. The highest BCUT2D eigenvalue weighted by Crippen LogP contribution is 2.34. The van der Waals surface area contributed by atoms with Crippen molar-refractivity contribution in [2.45, 2.75) is 13.8 Å². The number of carbonyl (C=O) groups excluding carboxylic acids is 1. The normalized spacial score (nSPS) is 16.4. The van der Waals surface area contributed by atoms with Crippen LogP contribution in [0.15, 0.2) is 24.3 Å². The Morgan fingerprint density at radius 2 is 1.89 bits per heavy atom. The summed E-state index contributed by atoms with van der Waals surface area (Å²) in [4.78, 5) is 25.9. The van der Waals surface area contributed by atoms with Crippen LogP contribution in [-0.2, 0) is 0 Å². The molecule has 2 aliphatic rings. The molecule has 0 atom stereocenters. The summed E-state index contributed by atoms with van der Waals surface area (Å²) in [6, 6.07) is 7.27. The number of carbonyl (C=O) groups is 1. The van der Waals surface area contributed by atoms with Crippen molar-refractivity contribution in [1.29, 1.82) is 0 Å². The van der Waals surface area contributed by atoms with E-state index in [0.717, 1.165) is 44.1 Å². The Kier molecular flexibility index (Phi) is 4.81. The Morgan fingerprint density at radius 3 is 2.67 bits per heavy atom. The molecule has 0 bridgehead atoms. The van der Waals surface area contributed by atoms with Gasteiger partial charge in [0.2, 0.25) is 12.7 Å². The average Bonchev–Trinajstić information content (AvgIpc) is 3.15. The van der Waals surface area contributed by atoms with E-state index in [1.54, 1.807) is 6.07 Å². The number of hydrogen-bond acceptors (Lipinski definition) is 7. The van der Waals surface area contributed by atoms with Crippen LogP contribution in [0.5, 0.6) is 11.5 Å². The fourth-order valence-electron chi connectivity index (χ4n) is 3.27. The maximum Gasteiger partial charge on any atom is 0.272 e. The van der Waals surface area contributed by atoms with Gasteiger partial charge in [0.05, 0.1) is 0 Å². The molecule has 1 N–H and O–H groups in total. The quantitative estimate of drug-likeness (QED) is 0.883. The largest absolute Gasteiger partial charge is 0.454 e. The second-order valence-corrected chi connectivity index (χ2v) is 6.64. The highest BCUT2D eigenvalue weighted by Gasteiger charge is 2.23. The molecule has 27 heavy (non-hydrogen) atoms. The van der Waals surface area contributed by atoms with Gasteiger partial charge in [-0.05, 0) is 31.7 Å².